The van der Waals surface area contributed by atoms with Crippen molar-refractivity contribution in [3.05, 3.63) is 93.4 Å². The number of aryl methyl sites for hydroxylation is 2. The maximum Gasteiger partial charge on any atom is 0.339 e. The molecule has 0 aliphatic carbocycles. The van der Waals surface area contributed by atoms with Crippen molar-refractivity contribution >= 4 is 16.3 Å². The molecule has 7 nitrogen and oxygen atoms in total. The molecule has 146 valence electrons. The molecule has 0 radical (unpaired) electrons. The predicted octanol–water partition coefficient (Wildman–Crippen LogP) is 2.99. The van der Waals surface area contributed by atoms with Crippen LogP contribution in [-0.4, -0.2) is 19.3 Å². The lowest BCUT2D eigenvalue weighted by Crippen LogP contribution is -2.22. The first-order valence-corrected chi connectivity index (χ1v) is 10.00. The Bertz CT molecular complexity index is 1270. The molecule has 0 saturated heterocycles. The zero-order chi connectivity index (χ0) is 21.0. The molecule has 3 rings (SSSR count). The van der Waals surface area contributed by atoms with Crippen molar-refractivity contribution < 1.29 is 12.6 Å². The van der Waals surface area contributed by atoms with Crippen molar-refractivity contribution in [3.8, 4) is 11.8 Å². The van der Waals surface area contributed by atoms with Crippen LogP contribution in [0.4, 0.5) is 0 Å². The van der Waals surface area contributed by atoms with Crippen molar-refractivity contribution in [1.29, 1.82) is 5.26 Å². The monoisotopic (exact) mass is 407 g/mol. The first-order valence-electron chi connectivity index (χ1n) is 8.59. The number of pyridine rings is 1. The number of hydrogen-bond acceptors (Lipinski definition) is 6. The van der Waals surface area contributed by atoms with Crippen LogP contribution in [0.1, 0.15) is 22.4 Å². The highest BCUT2D eigenvalue weighted by atomic mass is 32.2. The Hall–Kier alpha value is -3.70. The van der Waals surface area contributed by atoms with Crippen LogP contribution in [0.5, 0.6) is 5.75 Å². The molecule has 0 spiro atoms. The zero-order valence-electron chi connectivity index (χ0n) is 15.7. The Kier molecular flexibility index (Phi) is 5.61. The molecule has 0 aliphatic rings. The lowest BCUT2D eigenvalue weighted by molar-refractivity contribution is 0.486. The molecule has 3 aromatic rings. The molecule has 0 bridgehead atoms. The molecule has 0 aliphatic heterocycles. The zero-order valence-corrected chi connectivity index (χ0v) is 16.6. The van der Waals surface area contributed by atoms with Gasteiger partial charge < -0.3 is 4.18 Å². The average molecular weight is 407 g/mol. The number of rotatable bonds is 5. The van der Waals surface area contributed by atoms with Gasteiger partial charge in [0.2, 0.25) is 0 Å². The second-order valence-corrected chi connectivity index (χ2v) is 7.78. The predicted molar refractivity (Wildman–Crippen MR) is 109 cm³/mol. The van der Waals surface area contributed by atoms with Crippen LogP contribution in [0.25, 0.3) is 0 Å². The van der Waals surface area contributed by atoms with Crippen LogP contribution in [0, 0.1) is 25.2 Å². The Morgan fingerprint density at radius 2 is 1.72 bits per heavy atom. The maximum atomic E-state index is 12.3. The van der Waals surface area contributed by atoms with Gasteiger partial charge in [-0.25, -0.2) is 4.68 Å². The quantitative estimate of drug-likeness (QED) is 0.478. The first kappa shape index (κ1) is 20.0. The van der Waals surface area contributed by atoms with Gasteiger partial charge in [0.05, 0.1) is 6.21 Å². The summed E-state index contributed by atoms with van der Waals surface area (Å²) in [5.74, 6) is 0.154. The summed E-state index contributed by atoms with van der Waals surface area (Å²) in [5, 5.41) is 13.3. The molecule has 0 unspecified atom stereocenters. The summed E-state index contributed by atoms with van der Waals surface area (Å²) in [4.78, 5) is 12.4. The number of nitrogens with zero attached hydrogens (tertiary/aromatic N) is 3. The molecule has 0 fully saturated rings. The molecule has 0 saturated carbocycles. The van der Waals surface area contributed by atoms with Crippen molar-refractivity contribution in [3.63, 3.8) is 0 Å². The van der Waals surface area contributed by atoms with Gasteiger partial charge in [-0.2, -0.15) is 18.8 Å². The van der Waals surface area contributed by atoms with Gasteiger partial charge in [-0.15, -0.1) is 0 Å². The van der Waals surface area contributed by atoms with Crippen LogP contribution in [0.15, 0.2) is 75.5 Å². The van der Waals surface area contributed by atoms with Crippen molar-refractivity contribution in [2.45, 2.75) is 18.7 Å². The molecule has 8 heteroatoms. The molecule has 0 amide bonds. The van der Waals surface area contributed by atoms with E-state index in [1.54, 1.807) is 50.2 Å². The van der Waals surface area contributed by atoms with Gasteiger partial charge in [0.25, 0.3) is 5.56 Å². The fourth-order valence-corrected chi connectivity index (χ4v) is 3.61. The van der Waals surface area contributed by atoms with Gasteiger partial charge in [-0.3, -0.25) is 4.79 Å². The molecular formula is C21H17N3O4S. The van der Waals surface area contributed by atoms with E-state index in [1.165, 1.54) is 30.5 Å². The fraction of sp³-hybridized carbons (Fsp3) is 0.0952. The van der Waals surface area contributed by atoms with Gasteiger partial charge in [-0.05, 0) is 67.4 Å². The van der Waals surface area contributed by atoms with E-state index in [9.17, 15) is 13.2 Å². The van der Waals surface area contributed by atoms with Crippen LogP contribution in [0.3, 0.4) is 0 Å². The van der Waals surface area contributed by atoms with Crippen molar-refractivity contribution in [2.75, 3.05) is 0 Å². The Morgan fingerprint density at radius 1 is 1.07 bits per heavy atom. The van der Waals surface area contributed by atoms with Gasteiger partial charge in [0.1, 0.15) is 22.3 Å². The first-order chi connectivity index (χ1) is 13.8. The number of aromatic nitrogens is 1. The number of benzene rings is 2. The highest BCUT2D eigenvalue weighted by Crippen LogP contribution is 2.18. The second-order valence-electron chi connectivity index (χ2n) is 6.24. The summed E-state index contributed by atoms with van der Waals surface area (Å²) < 4.78 is 30.8. The van der Waals surface area contributed by atoms with Gasteiger partial charge in [0.15, 0.2) is 0 Å². The van der Waals surface area contributed by atoms with E-state index in [-0.39, 0.29) is 16.2 Å². The Morgan fingerprint density at radius 3 is 2.34 bits per heavy atom. The maximum absolute atomic E-state index is 12.3. The third kappa shape index (κ3) is 4.42. The summed E-state index contributed by atoms with van der Waals surface area (Å²) in [6, 6.07) is 17.7. The number of nitriles is 1. The van der Waals surface area contributed by atoms with E-state index in [0.29, 0.717) is 16.8 Å². The highest BCUT2D eigenvalue weighted by Gasteiger charge is 2.15. The molecule has 1 aromatic heterocycles. The van der Waals surface area contributed by atoms with Gasteiger partial charge in [-0.1, -0.05) is 18.2 Å². The summed E-state index contributed by atoms with van der Waals surface area (Å²) in [6.07, 6.45) is 1.44. The van der Waals surface area contributed by atoms with Gasteiger partial charge >= 0.3 is 10.1 Å². The lowest BCUT2D eigenvalue weighted by Gasteiger charge is -2.07. The minimum Gasteiger partial charge on any atom is -0.379 e. The number of hydrogen-bond donors (Lipinski definition) is 0. The topological polar surface area (TPSA) is 102 Å². The van der Waals surface area contributed by atoms with E-state index in [0.717, 1.165) is 4.68 Å². The van der Waals surface area contributed by atoms with E-state index < -0.39 is 15.7 Å². The van der Waals surface area contributed by atoms with Crippen LogP contribution in [-0.2, 0) is 10.1 Å². The summed E-state index contributed by atoms with van der Waals surface area (Å²) >= 11 is 0. The van der Waals surface area contributed by atoms with E-state index in [1.807, 2.05) is 6.07 Å². The lowest BCUT2D eigenvalue weighted by atomic mass is 10.1. The summed E-state index contributed by atoms with van der Waals surface area (Å²) in [6.45, 7) is 3.42. The smallest absolute Gasteiger partial charge is 0.339 e. The third-order valence-electron chi connectivity index (χ3n) is 4.11. The van der Waals surface area contributed by atoms with Crippen molar-refractivity contribution in [1.82, 2.24) is 4.68 Å². The fourth-order valence-electron chi connectivity index (χ4n) is 2.66. The Labute approximate surface area is 168 Å². The van der Waals surface area contributed by atoms with Crippen LogP contribution < -0.4 is 9.74 Å². The SMILES string of the molecule is Cc1cc(C)n(/N=C/c2ccc(OS(=O)(=O)c3ccccc3)cc2)c(=O)c1C#N. The minimum absolute atomic E-state index is 0.0441. The van der Waals surface area contributed by atoms with Crippen LogP contribution >= 0.6 is 0 Å². The Balaban J connectivity index is 1.82. The molecule has 29 heavy (non-hydrogen) atoms. The molecular weight excluding hydrogens is 390 g/mol. The highest BCUT2D eigenvalue weighted by molar-refractivity contribution is 7.87. The largest absolute Gasteiger partial charge is 0.379 e. The van der Waals surface area contributed by atoms with Crippen LogP contribution in [0.2, 0.25) is 0 Å². The van der Waals surface area contributed by atoms with E-state index in [2.05, 4.69) is 5.10 Å². The van der Waals surface area contributed by atoms with Crippen molar-refractivity contribution in [2.24, 2.45) is 5.10 Å². The molecule has 1 heterocycles. The molecule has 2 aromatic carbocycles. The van der Waals surface area contributed by atoms with E-state index in [4.69, 9.17) is 9.44 Å². The standard InChI is InChI=1S/C21H17N3O4S/c1-15-12-16(2)24(21(25)20(15)13-22)23-14-17-8-10-18(11-9-17)28-29(26,27)19-6-4-3-5-7-19/h3-12,14H,1-2H3/b23-14+. The second kappa shape index (κ2) is 8.12. The normalized spacial score (nSPS) is 11.3. The third-order valence-corrected chi connectivity index (χ3v) is 5.37. The molecule has 0 N–H and O–H groups in total. The van der Waals surface area contributed by atoms with E-state index >= 15 is 0 Å². The van der Waals surface area contributed by atoms with Gasteiger partial charge in [0, 0.05) is 5.69 Å². The minimum atomic E-state index is -3.91. The average Bonchev–Trinajstić information content (AvgIpc) is 2.69. The summed E-state index contributed by atoms with van der Waals surface area (Å²) in [5.41, 5.74) is 1.37. The summed E-state index contributed by atoms with van der Waals surface area (Å²) in [7, 11) is -3.91. The molecule has 0 atom stereocenters.